The van der Waals surface area contributed by atoms with E-state index in [0.29, 0.717) is 0 Å². The average molecular weight is 245 g/mol. The molecule has 2 aliphatic heterocycles. The van der Waals surface area contributed by atoms with Crippen molar-refractivity contribution in [2.75, 3.05) is 26.2 Å². The Hall–Kier alpha value is -1.39. The Morgan fingerprint density at radius 1 is 1.17 bits per heavy atom. The first-order valence-corrected chi connectivity index (χ1v) is 6.58. The summed E-state index contributed by atoms with van der Waals surface area (Å²) in [5.74, 6) is 0. The van der Waals surface area contributed by atoms with Crippen molar-refractivity contribution in [3.05, 3.63) is 34.9 Å². The molecule has 96 valence electrons. The summed E-state index contributed by atoms with van der Waals surface area (Å²) in [6.07, 6.45) is 0.940. The summed E-state index contributed by atoms with van der Waals surface area (Å²) < 4.78 is 0. The molecule has 0 aromatic heterocycles. The van der Waals surface area contributed by atoms with Crippen LogP contribution in [-0.2, 0) is 24.4 Å². The van der Waals surface area contributed by atoms with E-state index in [2.05, 4.69) is 28.4 Å². The summed E-state index contributed by atoms with van der Waals surface area (Å²) >= 11 is 0. The smallest absolute Gasteiger partial charge is 0.210 e. The standard InChI is InChI=1S/C14H19N3O/c18-11-17-9-13-2-1-12(7-14(13)10-17)8-16-5-3-15-4-6-16/h1-2,7,11,15H,3-6,8-10H2. The van der Waals surface area contributed by atoms with Gasteiger partial charge in [-0.25, -0.2) is 0 Å². The van der Waals surface area contributed by atoms with Gasteiger partial charge in [0.2, 0.25) is 6.41 Å². The van der Waals surface area contributed by atoms with Gasteiger partial charge in [0, 0.05) is 45.8 Å². The molecule has 0 unspecified atom stereocenters. The van der Waals surface area contributed by atoms with Crippen molar-refractivity contribution in [3.8, 4) is 0 Å². The third-order valence-corrected chi connectivity index (χ3v) is 3.78. The molecule has 0 atom stereocenters. The highest BCUT2D eigenvalue weighted by Gasteiger charge is 2.18. The second kappa shape index (κ2) is 5.08. The number of hydrogen-bond acceptors (Lipinski definition) is 3. The Balaban J connectivity index is 1.69. The van der Waals surface area contributed by atoms with E-state index in [9.17, 15) is 4.79 Å². The molecule has 0 aliphatic carbocycles. The first-order chi connectivity index (χ1) is 8.85. The molecule has 2 heterocycles. The van der Waals surface area contributed by atoms with Crippen LogP contribution in [0.4, 0.5) is 0 Å². The second-order valence-corrected chi connectivity index (χ2v) is 5.14. The van der Waals surface area contributed by atoms with Gasteiger partial charge in [0.1, 0.15) is 0 Å². The number of rotatable bonds is 3. The minimum atomic E-state index is 0.771. The van der Waals surface area contributed by atoms with Crippen molar-refractivity contribution in [2.45, 2.75) is 19.6 Å². The average Bonchev–Trinajstić information content (AvgIpc) is 2.82. The Kier molecular flexibility index (Phi) is 3.30. The quantitative estimate of drug-likeness (QED) is 0.791. The molecule has 0 saturated carbocycles. The summed E-state index contributed by atoms with van der Waals surface area (Å²) in [5.41, 5.74) is 3.98. The highest BCUT2D eigenvalue weighted by Crippen LogP contribution is 2.23. The van der Waals surface area contributed by atoms with Crippen LogP contribution in [0, 0.1) is 0 Å². The molecule has 0 radical (unpaired) electrons. The summed E-state index contributed by atoms with van der Waals surface area (Å²) in [6.45, 7) is 6.99. The van der Waals surface area contributed by atoms with Crippen LogP contribution in [0.5, 0.6) is 0 Å². The molecule has 0 bridgehead atoms. The molecule has 1 saturated heterocycles. The number of amides is 1. The van der Waals surface area contributed by atoms with Crippen LogP contribution in [0.25, 0.3) is 0 Å². The fraction of sp³-hybridized carbons (Fsp3) is 0.500. The van der Waals surface area contributed by atoms with Crippen molar-refractivity contribution >= 4 is 6.41 Å². The zero-order valence-corrected chi connectivity index (χ0v) is 10.6. The molecular formula is C14H19N3O. The van der Waals surface area contributed by atoms with Crippen LogP contribution in [-0.4, -0.2) is 42.4 Å². The molecule has 1 aromatic rings. The Bertz CT molecular complexity index is 441. The van der Waals surface area contributed by atoms with E-state index in [1.165, 1.54) is 16.7 Å². The van der Waals surface area contributed by atoms with Crippen molar-refractivity contribution in [3.63, 3.8) is 0 Å². The SMILES string of the molecule is O=CN1Cc2ccc(CN3CCNCC3)cc2C1. The summed E-state index contributed by atoms with van der Waals surface area (Å²) in [7, 11) is 0. The minimum absolute atomic E-state index is 0.771. The van der Waals surface area contributed by atoms with Gasteiger partial charge in [-0.3, -0.25) is 9.69 Å². The molecule has 18 heavy (non-hydrogen) atoms. The van der Waals surface area contributed by atoms with Crippen LogP contribution >= 0.6 is 0 Å². The van der Waals surface area contributed by atoms with Crippen molar-refractivity contribution in [2.24, 2.45) is 0 Å². The lowest BCUT2D eigenvalue weighted by Crippen LogP contribution is -2.42. The van der Waals surface area contributed by atoms with E-state index in [4.69, 9.17) is 0 Å². The van der Waals surface area contributed by atoms with E-state index in [1.807, 2.05) is 4.90 Å². The number of carbonyl (C=O) groups excluding carboxylic acids is 1. The van der Waals surface area contributed by atoms with Gasteiger partial charge < -0.3 is 10.2 Å². The van der Waals surface area contributed by atoms with Crippen LogP contribution in [0.2, 0.25) is 0 Å². The predicted octanol–water partition coefficient (Wildman–Crippen LogP) is 0.564. The van der Waals surface area contributed by atoms with Gasteiger partial charge in [0.25, 0.3) is 0 Å². The summed E-state index contributed by atoms with van der Waals surface area (Å²) in [6, 6.07) is 6.65. The molecule has 1 aromatic carbocycles. The Labute approximate surface area is 108 Å². The lowest BCUT2D eigenvalue weighted by molar-refractivity contribution is -0.118. The number of nitrogens with one attached hydrogen (secondary N) is 1. The maximum absolute atomic E-state index is 10.8. The number of fused-ring (bicyclic) bond motifs is 1. The third-order valence-electron chi connectivity index (χ3n) is 3.78. The normalized spacial score (nSPS) is 19.9. The van der Waals surface area contributed by atoms with Crippen molar-refractivity contribution < 1.29 is 4.79 Å². The summed E-state index contributed by atoms with van der Waals surface area (Å²) in [5, 5.41) is 3.37. The summed E-state index contributed by atoms with van der Waals surface area (Å²) in [4.78, 5) is 15.1. The first-order valence-electron chi connectivity index (χ1n) is 6.58. The van der Waals surface area contributed by atoms with Crippen LogP contribution in [0.1, 0.15) is 16.7 Å². The predicted molar refractivity (Wildman–Crippen MR) is 69.9 cm³/mol. The van der Waals surface area contributed by atoms with Crippen LogP contribution in [0.15, 0.2) is 18.2 Å². The number of carbonyl (C=O) groups is 1. The molecule has 1 fully saturated rings. The Morgan fingerprint density at radius 3 is 2.72 bits per heavy atom. The van der Waals surface area contributed by atoms with E-state index in [-0.39, 0.29) is 0 Å². The maximum Gasteiger partial charge on any atom is 0.210 e. The van der Waals surface area contributed by atoms with E-state index in [1.54, 1.807) is 0 Å². The molecule has 4 heteroatoms. The van der Waals surface area contributed by atoms with E-state index < -0.39 is 0 Å². The van der Waals surface area contributed by atoms with Gasteiger partial charge in [0.15, 0.2) is 0 Å². The lowest BCUT2D eigenvalue weighted by Gasteiger charge is -2.27. The Morgan fingerprint density at radius 2 is 1.94 bits per heavy atom. The molecule has 1 N–H and O–H groups in total. The topological polar surface area (TPSA) is 35.6 Å². The highest BCUT2D eigenvalue weighted by atomic mass is 16.1. The van der Waals surface area contributed by atoms with Gasteiger partial charge in [-0.1, -0.05) is 18.2 Å². The molecule has 0 spiro atoms. The van der Waals surface area contributed by atoms with Gasteiger partial charge in [-0.15, -0.1) is 0 Å². The molecule has 4 nitrogen and oxygen atoms in total. The first kappa shape index (κ1) is 11.7. The number of benzene rings is 1. The van der Waals surface area contributed by atoms with Gasteiger partial charge in [-0.2, -0.15) is 0 Å². The maximum atomic E-state index is 10.8. The minimum Gasteiger partial charge on any atom is -0.337 e. The fourth-order valence-electron chi connectivity index (χ4n) is 2.77. The third kappa shape index (κ3) is 2.40. The molecular weight excluding hydrogens is 226 g/mol. The van der Waals surface area contributed by atoms with Crippen LogP contribution in [0.3, 0.4) is 0 Å². The lowest BCUT2D eigenvalue weighted by atomic mass is 10.1. The van der Waals surface area contributed by atoms with Crippen molar-refractivity contribution in [1.82, 2.24) is 15.1 Å². The number of nitrogens with zero attached hydrogens (tertiary/aromatic N) is 2. The molecule has 3 rings (SSSR count). The molecule has 1 amide bonds. The zero-order chi connectivity index (χ0) is 12.4. The van der Waals surface area contributed by atoms with Gasteiger partial charge >= 0.3 is 0 Å². The van der Waals surface area contributed by atoms with Crippen molar-refractivity contribution in [1.29, 1.82) is 0 Å². The number of piperazine rings is 1. The van der Waals surface area contributed by atoms with Gasteiger partial charge in [0.05, 0.1) is 0 Å². The van der Waals surface area contributed by atoms with E-state index >= 15 is 0 Å². The zero-order valence-electron chi connectivity index (χ0n) is 10.6. The van der Waals surface area contributed by atoms with Crippen LogP contribution < -0.4 is 5.32 Å². The number of hydrogen-bond donors (Lipinski definition) is 1. The van der Waals surface area contributed by atoms with E-state index in [0.717, 1.165) is 52.2 Å². The fourth-order valence-corrected chi connectivity index (χ4v) is 2.77. The monoisotopic (exact) mass is 245 g/mol. The highest BCUT2D eigenvalue weighted by molar-refractivity contribution is 5.51. The largest absolute Gasteiger partial charge is 0.337 e. The molecule has 2 aliphatic rings. The van der Waals surface area contributed by atoms with Gasteiger partial charge in [-0.05, 0) is 16.7 Å². The second-order valence-electron chi connectivity index (χ2n) is 5.14.